The van der Waals surface area contributed by atoms with E-state index in [0.29, 0.717) is 53.6 Å². The number of piperazine rings is 1. The van der Waals surface area contributed by atoms with Gasteiger partial charge in [-0.2, -0.15) is 9.97 Å². The number of anilines is 3. The quantitative estimate of drug-likeness (QED) is 0.462. The van der Waals surface area contributed by atoms with Crippen LogP contribution in [0.1, 0.15) is 21.7 Å². The summed E-state index contributed by atoms with van der Waals surface area (Å²) in [6, 6.07) is 5.57. The summed E-state index contributed by atoms with van der Waals surface area (Å²) in [7, 11) is 5.06. The van der Waals surface area contributed by atoms with Crippen LogP contribution in [0.15, 0.2) is 30.6 Å². The van der Waals surface area contributed by atoms with Crippen molar-refractivity contribution in [1.29, 1.82) is 0 Å². The molecule has 2 aliphatic rings. The Balaban J connectivity index is 1.53. The maximum Gasteiger partial charge on any atom is 0.345 e. The van der Waals surface area contributed by atoms with E-state index in [-0.39, 0.29) is 0 Å². The van der Waals surface area contributed by atoms with E-state index < -0.39 is 5.97 Å². The van der Waals surface area contributed by atoms with Gasteiger partial charge in [-0.3, -0.25) is 0 Å². The number of esters is 1. The summed E-state index contributed by atoms with van der Waals surface area (Å²) in [5, 5.41) is 3.87. The van der Waals surface area contributed by atoms with Gasteiger partial charge < -0.3 is 34.1 Å². The molecule has 0 unspecified atom stereocenters. The minimum absolute atomic E-state index is 0.306. The lowest BCUT2D eigenvalue weighted by Crippen LogP contribution is -2.45. The van der Waals surface area contributed by atoms with E-state index in [4.69, 9.17) is 31.0 Å². The van der Waals surface area contributed by atoms with Crippen LogP contribution >= 0.6 is 11.6 Å². The molecule has 196 valence electrons. The van der Waals surface area contributed by atoms with E-state index in [1.807, 2.05) is 24.4 Å². The molecule has 1 fully saturated rings. The molecule has 4 heterocycles. The molecular weight excluding hydrogens is 496 g/mol. The molecule has 0 atom stereocenters. The second-order valence-corrected chi connectivity index (χ2v) is 9.54. The highest BCUT2D eigenvalue weighted by Crippen LogP contribution is 2.32. The molecule has 2 aromatic heterocycles. The number of aromatic nitrogens is 4. The summed E-state index contributed by atoms with van der Waals surface area (Å²) in [6.07, 6.45) is 3.76. The van der Waals surface area contributed by atoms with Crippen molar-refractivity contribution in [3.8, 4) is 5.75 Å². The monoisotopic (exact) mass is 526 g/mol. The number of methoxy groups -OCH3 is 2. The Labute approximate surface area is 221 Å². The number of imidazole rings is 1. The normalized spacial score (nSPS) is 15.9. The van der Waals surface area contributed by atoms with Crippen LogP contribution in [0.3, 0.4) is 0 Å². The summed E-state index contributed by atoms with van der Waals surface area (Å²) in [5.41, 5.74) is 1.22. The molecule has 0 amide bonds. The Morgan fingerprint density at radius 3 is 2.59 bits per heavy atom. The van der Waals surface area contributed by atoms with Crippen LogP contribution < -0.4 is 19.9 Å². The van der Waals surface area contributed by atoms with E-state index in [9.17, 15) is 4.79 Å². The predicted octanol–water partition coefficient (Wildman–Crippen LogP) is 2.51. The number of carbonyl (C=O) groups excluding carboxylic acids is 1. The summed E-state index contributed by atoms with van der Waals surface area (Å²) in [5.74, 6) is 2.57. The van der Waals surface area contributed by atoms with Crippen LogP contribution in [0.25, 0.3) is 0 Å². The van der Waals surface area contributed by atoms with Crippen molar-refractivity contribution < 1.29 is 14.3 Å². The summed E-state index contributed by atoms with van der Waals surface area (Å²) < 4.78 is 12.6. The number of hydrogen-bond donors (Lipinski definition) is 1. The molecule has 0 spiro atoms. The highest BCUT2D eigenvalue weighted by Gasteiger charge is 2.30. The van der Waals surface area contributed by atoms with Gasteiger partial charge in [0.05, 0.1) is 25.8 Å². The minimum Gasteiger partial charge on any atom is -0.495 e. The predicted molar refractivity (Wildman–Crippen MR) is 142 cm³/mol. The SMILES string of the molecule is COC(=O)c1c(NCc2ccc(OC)c(Cl)c2)nc(N2CCN(C)CC2)nc1N1CCn2ccnc2C1. The smallest absolute Gasteiger partial charge is 0.345 e. The van der Waals surface area contributed by atoms with Crippen molar-refractivity contribution in [2.24, 2.45) is 0 Å². The average molecular weight is 527 g/mol. The topological polar surface area (TPSA) is 101 Å². The van der Waals surface area contributed by atoms with Crippen LogP contribution in [0.5, 0.6) is 5.75 Å². The molecule has 3 aromatic rings. The number of nitrogens with one attached hydrogen (secondary N) is 1. The number of rotatable bonds is 7. The molecule has 1 aromatic carbocycles. The number of benzene rings is 1. The van der Waals surface area contributed by atoms with Crippen molar-refractivity contribution >= 4 is 35.2 Å². The standard InChI is InChI=1S/C25H31ClN8O3/c1-31-8-10-33(11-9-31)25-29-22(28-15-17-4-5-19(36-2)18(26)14-17)21(24(35)37-3)23(30-25)34-13-12-32-7-6-27-20(32)16-34/h4-7,14H,8-13,15-16H2,1-3H3,(H,28,29,30). The number of likely N-dealkylation sites (N-methyl/N-ethyl adjacent to an activating group) is 1. The fourth-order valence-corrected chi connectivity index (χ4v) is 4.87. The van der Waals surface area contributed by atoms with Crippen molar-refractivity contribution in [3.05, 3.63) is 52.6 Å². The Kier molecular flexibility index (Phi) is 7.33. The summed E-state index contributed by atoms with van der Waals surface area (Å²) in [6.45, 7) is 5.77. The average Bonchev–Trinajstić information content (AvgIpc) is 3.39. The molecule has 12 heteroatoms. The first kappa shape index (κ1) is 25.1. The first-order valence-corrected chi connectivity index (χ1v) is 12.6. The molecule has 1 N–H and O–H groups in total. The first-order chi connectivity index (χ1) is 18.0. The van der Waals surface area contributed by atoms with Gasteiger partial charge in [-0.05, 0) is 24.7 Å². The van der Waals surface area contributed by atoms with Gasteiger partial charge in [-0.1, -0.05) is 17.7 Å². The van der Waals surface area contributed by atoms with Gasteiger partial charge in [0.1, 0.15) is 23.0 Å². The van der Waals surface area contributed by atoms with Gasteiger partial charge in [-0.15, -0.1) is 0 Å². The second-order valence-electron chi connectivity index (χ2n) is 9.13. The van der Waals surface area contributed by atoms with Gasteiger partial charge in [-0.25, -0.2) is 9.78 Å². The number of hydrogen-bond acceptors (Lipinski definition) is 10. The third-order valence-corrected chi connectivity index (χ3v) is 7.07. The fraction of sp³-hybridized carbons (Fsp3) is 0.440. The molecule has 5 rings (SSSR count). The zero-order valence-corrected chi connectivity index (χ0v) is 22.0. The van der Waals surface area contributed by atoms with Crippen LogP contribution in [-0.2, 0) is 24.4 Å². The van der Waals surface area contributed by atoms with Crippen molar-refractivity contribution in [2.75, 3.05) is 69.1 Å². The highest BCUT2D eigenvalue weighted by molar-refractivity contribution is 6.32. The zero-order valence-electron chi connectivity index (χ0n) is 21.3. The minimum atomic E-state index is -0.496. The van der Waals surface area contributed by atoms with Crippen LogP contribution in [0, 0.1) is 0 Å². The lowest BCUT2D eigenvalue weighted by atomic mass is 10.2. The van der Waals surface area contributed by atoms with Crippen LogP contribution in [0.4, 0.5) is 17.6 Å². The Morgan fingerprint density at radius 2 is 1.86 bits per heavy atom. The van der Waals surface area contributed by atoms with E-state index in [1.165, 1.54) is 7.11 Å². The maximum absolute atomic E-state index is 13.1. The van der Waals surface area contributed by atoms with Crippen molar-refractivity contribution in [3.63, 3.8) is 0 Å². The van der Waals surface area contributed by atoms with Gasteiger partial charge >= 0.3 is 5.97 Å². The van der Waals surface area contributed by atoms with Crippen molar-refractivity contribution in [1.82, 2.24) is 24.4 Å². The van der Waals surface area contributed by atoms with Gasteiger partial charge in [0.15, 0.2) is 5.82 Å². The largest absolute Gasteiger partial charge is 0.495 e. The number of ether oxygens (including phenoxy) is 2. The van der Waals surface area contributed by atoms with Crippen LogP contribution in [-0.4, -0.2) is 84.4 Å². The molecule has 11 nitrogen and oxygen atoms in total. The number of nitrogens with zero attached hydrogens (tertiary/aromatic N) is 7. The molecule has 1 saturated heterocycles. The summed E-state index contributed by atoms with van der Waals surface area (Å²) in [4.78, 5) is 33.9. The molecule has 0 saturated carbocycles. The molecular formula is C25H31ClN8O3. The second kappa shape index (κ2) is 10.8. The van der Waals surface area contributed by atoms with Gasteiger partial charge in [0, 0.05) is 58.2 Å². The van der Waals surface area contributed by atoms with E-state index in [2.05, 4.69) is 36.6 Å². The van der Waals surface area contributed by atoms with E-state index in [1.54, 1.807) is 13.3 Å². The zero-order chi connectivity index (χ0) is 25.9. The molecule has 0 bridgehead atoms. The Morgan fingerprint density at radius 1 is 1.08 bits per heavy atom. The molecule has 0 radical (unpaired) electrons. The molecule has 37 heavy (non-hydrogen) atoms. The molecule has 2 aliphatic heterocycles. The van der Waals surface area contributed by atoms with Crippen LogP contribution in [0.2, 0.25) is 5.02 Å². The number of halogens is 1. The Hall–Kier alpha value is -3.57. The third kappa shape index (κ3) is 5.28. The van der Waals surface area contributed by atoms with E-state index >= 15 is 0 Å². The van der Waals surface area contributed by atoms with E-state index in [0.717, 1.165) is 44.1 Å². The summed E-state index contributed by atoms with van der Waals surface area (Å²) >= 11 is 6.33. The fourth-order valence-electron chi connectivity index (χ4n) is 4.59. The van der Waals surface area contributed by atoms with Gasteiger partial charge in [0.25, 0.3) is 0 Å². The highest BCUT2D eigenvalue weighted by atomic mass is 35.5. The van der Waals surface area contributed by atoms with Gasteiger partial charge in [0.2, 0.25) is 5.95 Å². The third-order valence-electron chi connectivity index (χ3n) is 6.77. The number of fused-ring (bicyclic) bond motifs is 1. The Bertz CT molecular complexity index is 1270. The number of carbonyl (C=O) groups is 1. The lowest BCUT2D eigenvalue weighted by molar-refractivity contribution is 0.0601. The lowest BCUT2D eigenvalue weighted by Gasteiger charge is -2.34. The molecule has 0 aliphatic carbocycles. The maximum atomic E-state index is 13.1. The van der Waals surface area contributed by atoms with Crippen molar-refractivity contribution in [2.45, 2.75) is 19.6 Å². The first-order valence-electron chi connectivity index (χ1n) is 12.2.